The Labute approximate surface area is 237 Å². The molecule has 0 radical (unpaired) electrons. The van der Waals surface area contributed by atoms with Crippen molar-refractivity contribution in [3.63, 3.8) is 0 Å². The lowest BCUT2D eigenvalue weighted by Crippen LogP contribution is -2.20. The van der Waals surface area contributed by atoms with Gasteiger partial charge < -0.3 is 9.47 Å². The van der Waals surface area contributed by atoms with Crippen molar-refractivity contribution in [3.8, 4) is 28.6 Å². The van der Waals surface area contributed by atoms with Gasteiger partial charge in [0.2, 0.25) is 0 Å². The van der Waals surface area contributed by atoms with E-state index in [1.807, 2.05) is 47.0 Å². The molecule has 3 aromatic carbocycles. The molecule has 206 valence electrons. The number of aromatic nitrogens is 3. The molecule has 0 aliphatic carbocycles. The van der Waals surface area contributed by atoms with Gasteiger partial charge in [0.15, 0.2) is 22.5 Å². The van der Waals surface area contributed by atoms with Crippen LogP contribution in [0.1, 0.15) is 38.8 Å². The van der Waals surface area contributed by atoms with Crippen LogP contribution in [0.15, 0.2) is 83.1 Å². The molecule has 4 aromatic rings. The standard InChI is InChI=1S/C30H31N5O4S/c1-20(36)39-25-16-11-21(17-26(25)38-5)18-31-32-27(37)19-40-29-34-33-28(35(29)24-9-7-6-8-10-24)22-12-14-23(15-13-22)30(2,3)4/h6-18H,19H2,1-5H3,(H,32,37)/b31-18+. The highest BCUT2D eigenvalue weighted by atomic mass is 32.2. The minimum Gasteiger partial charge on any atom is -0.493 e. The van der Waals surface area contributed by atoms with E-state index in [9.17, 15) is 9.59 Å². The summed E-state index contributed by atoms with van der Waals surface area (Å²) in [6.45, 7) is 7.85. The first kappa shape index (κ1) is 28.6. The molecule has 0 spiro atoms. The zero-order valence-corrected chi connectivity index (χ0v) is 23.9. The van der Waals surface area contributed by atoms with E-state index < -0.39 is 5.97 Å². The number of nitrogens with zero attached hydrogens (tertiary/aromatic N) is 4. The number of thioether (sulfide) groups is 1. The second-order valence-electron chi connectivity index (χ2n) is 9.89. The molecule has 10 heteroatoms. The van der Waals surface area contributed by atoms with Gasteiger partial charge in [0.25, 0.3) is 5.91 Å². The van der Waals surface area contributed by atoms with Gasteiger partial charge in [0.1, 0.15) is 0 Å². The molecule has 0 aliphatic heterocycles. The number of rotatable bonds is 9. The molecule has 0 fully saturated rings. The number of carbonyl (C=O) groups excluding carboxylic acids is 2. The van der Waals surface area contributed by atoms with Crippen LogP contribution in [0.2, 0.25) is 0 Å². The van der Waals surface area contributed by atoms with Crippen molar-refractivity contribution in [2.24, 2.45) is 5.10 Å². The average molecular weight is 558 g/mol. The molecular formula is C30H31N5O4S. The molecule has 0 aliphatic rings. The molecule has 0 atom stereocenters. The van der Waals surface area contributed by atoms with Crippen molar-refractivity contribution < 1.29 is 19.1 Å². The maximum atomic E-state index is 12.6. The minimum absolute atomic E-state index is 0.0436. The fourth-order valence-electron chi connectivity index (χ4n) is 3.82. The third-order valence-electron chi connectivity index (χ3n) is 5.83. The van der Waals surface area contributed by atoms with Gasteiger partial charge in [-0.3, -0.25) is 14.2 Å². The predicted molar refractivity (Wildman–Crippen MR) is 156 cm³/mol. The van der Waals surface area contributed by atoms with Crippen molar-refractivity contribution in [1.82, 2.24) is 20.2 Å². The lowest BCUT2D eigenvalue weighted by Gasteiger charge is -2.19. The normalized spacial score (nSPS) is 11.4. The Hall–Kier alpha value is -4.44. The lowest BCUT2D eigenvalue weighted by atomic mass is 9.87. The summed E-state index contributed by atoms with van der Waals surface area (Å²) in [5, 5.41) is 13.5. The van der Waals surface area contributed by atoms with Gasteiger partial charge in [-0.1, -0.05) is 75.0 Å². The van der Waals surface area contributed by atoms with Crippen LogP contribution in [0.25, 0.3) is 17.1 Å². The molecule has 9 nitrogen and oxygen atoms in total. The molecule has 0 saturated carbocycles. The average Bonchev–Trinajstić information content (AvgIpc) is 3.36. The summed E-state index contributed by atoms with van der Waals surface area (Å²) in [6, 6.07) is 23.1. The van der Waals surface area contributed by atoms with Crippen LogP contribution in [0.3, 0.4) is 0 Å². The highest BCUT2D eigenvalue weighted by Gasteiger charge is 2.19. The van der Waals surface area contributed by atoms with E-state index in [1.54, 1.807) is 18.2 Å². The Bertz CT molecular complexity index is 1510. The van der Waals surface area contributed by atoms with Gasteiger partial charge in [0.05, 0.1) is 19.1 Å². The maximum Gasteiger partial charge on any atom is 0.308 e. The fourth-order valence-corrected chi connectivity index (χ4v) is 4.57. The number of hydrogen-bond acceptors (Lipinski definition) is 8. The molecule has 0 unspecified atom stereocenters. The summed E-state index contributed by atoms with van der Waals surface area (Å²) in [5.74, 6) is 0.713. The Morgan fingerprint density at radius 3 is 2.38 bits per heavy atom. The monoisotopic (exact) mass is 557 g/mol. The number of hydrogen-bond donors (Lipinski definition) is 1. The van der Waals surface area contributed by atoms with Gasteiger partial charge in [-0.2, -0.15) is 5.10 Å². The summed E-state index contributed by atoms with van der Waals surface area (Å²) in [4.78, 5) is 23.8. The van der Waals surface area contributed by atoms with Crippen LogP contribution in [-0.2, 0) is 15.0 Å². The Morgan fingerprint density at radius 1 is 1.00 bits per heavy atom. The minimum atomic E-state index is -0.446. The Kier molecular flexibility index (Phi) is 9.00. The van der Waals surface area contributed by atoms with Crippen LogP contribution in [0.5, 0.6) is 11.5 Å². The molecule has 1 amide bonds. The number of nitrogens with one attached hydrogen (secondary N) is 1. The number of carbonyl (C=O) groups is 2. The zero-order valence-electron chi connectivity index (χ0n) is 23.0. The van der Waals surface area contributed by atoms with E-state index in [0.29, 0.717) is 28.0 Å². The van der Waals surface area contributed by atoms with Crippen LogP contribution in [0.4, 0.5) is 0 Å². The second-order valence-corrected chi connectivity index (χ2v) is 10.8. The van der Waals surface area contributed by atoms with Gasteiger partial charge in [0, 0.05) is 18.2 Å². The summed E-state index contributed by atoms with van der Waals surface area (Å²) in [5.41, 5.74) is 6.29. The van der Waals surface area contributed by atoms with Gasteiger partial charge in [-0.25, -0.2) is 5.43 Å². The summed E-state index contributed by atoms with van der Waals surface area (Å²) >= 11 is 1.27. The number of benzene rings is 3. The largest absolute Gasteiger partial charge is 0.493 e. The first-order valence-corrected chi connectivity index (χ1v) is 13.6. The molecular weight excluding hydrogens is 526 g/mol. The number of para-hydroxylation sites is 1. The van der Waals surface area contributed by atoms with Crippen molar-refractivity contribution in [2.45, 2.75) is 38.3 Å². The summed E-state index contributed by atoms with van der Waals surface area (Å²) in [6.07, 6.45) is 1.48. The number of amides is 1. The third kappa shape index (κ3) is 7.15. The molecule has 1 aromatic heterocycles. The van der Waals surface area contributed by atoms with Crippen molar-refractivity contribution in [3.05, 3.63) is 83.9 Å². The van der Waals surface area contributed by atoms with Gasteiger partial charge in [-0.15, -0.1) is 10.2 Å². The molecule has 40 heavy (non-hydrogen) atoms. The van der Waals surface area contributed by atoms with E-state index >= 15 is 0 Å². The van der Waals surface area contributed by atoms with Crippen molar-refractivity contribution in [2.75, 3.05) is 12.9 Å². The highest BCUT2D eigenvalue weighted by Crippen LogP contribution is 2.30. The van der Waals surface area contributed by atoms with Crippen LogP contribution < -0.4 is 14.9 Å². The maximum absolute atomic E-state index is 12.6. The van der Waals surface area contributed by atoms with Crippen LogP contribution in [-0.4, -0.2) is 45.7 Å². The van der Waals surface area contributed by atoms with Gasteiger partial charge in [-0.05, 0) is 46.9 Å². The predicted octanol–water partition coefficient (Wildman–Crippen LogP) is 5.41. The van der Waals surface area contributed by atoms with Crippen molar-refractivity contribution in [1.29, 1.82) is 0 Å². The van der Waals surface area contributed by atoms with E-state index in [0.717, 1.165) is 11.3 Å². The fraction of sp³-hybridized carbons (Fsp3) is 0.233. The van der Waals surface area contributed by atoms with Crippen LogP contribution in [0, 0.1) is 0 Å². The molecule has 1 heterocycles. The third-order valence-corrected chi connectivity index (χ3v) is 6.76. The quantitative estimate of drug-likeness (QED) is 0.0964. The second kappa shape index (κ2) is 12.6. The highest BCUT2D eigenvalue weighted by molar-refractivity contribution is 7.99. The first-order chi connectivity index (χ1) is 19.2. The lowest BCUT2D eigenvalue weighted by molar-refractivity contribution is -0.132. The molecule has 0 bridgehead atoms. The summed E-state index contributed by atoms with van der Waals surface area (Å²) < 4.78 is 12.3. The topological polar surface area (TPSA) is 108 Å². The SMILES string of the molecule is COc1cc(/C=N/NC(=O)CSc2nnc(-c3ccc(C(C)(C)C)cc3)n2-c2ccccc2)ccc1OC(C)=O. The summed E-state index contributed by atoms with van der Waals surface area (Å²) in [7, 11) is 1.47. The van der Waals surface area contributed by atoms with E-state index in [-0.39, 0.29) is 17.1 Å². The van der Waals surface area contributed by atoms with Gasteiger partial charge >= 0.3 is 5.97 Å². The van der Waals surface area contributed by atoms with E-state index in [1.165, 1.54) is 37.6 Å². The Morgan fingerprint density at radius 2 is 1.73 bits per heavy atom. The zero-order chi connectivity index (χ0) is 28.7. The number of hydrazone groups is 1. The first-order valence-electron chi connectivity index (χ1n) is 12.6. The van der Waals surface area contributed by atoms with E-state index in [4.69, 9.17) is 9.47 Å². The molecule has 0 saturated heterocycles. The van der Waals surface area contributed by atoms with Crippen molar-refractivity contribution >= 4 is 29.9 Å². The number of methoxy groups -OCH3 is 1. The Balaban J connectivity index is 1.47. The molecule has 4 rings (SSSR count). The molecule has 1 N–H and O–H groups in total. The number of ether oxygens (including phenoxy) is 2. The van der Waals surface area contributed by atoms with E-state index in [2.05, 4.69) is 53.6 Å². The number of esters is 1. The van der Waals surface area contributed by atoms with Crippen LogP contribution >= 0.6 is 11.8 Å². The smallest absolute Gasteiger partial charge is 0.308 e.